The molecule has 152 valence electrons. The van der Waals surface area contributed by atoms with E-state index in [4.69, 9.17) is 9.47 Å². The largest absolute Gasteiger partial charge is 0.482 e. The first-order chi connectivity index (χ1) is 14.6. The molecule has 0 fully saturated rings. The Labute approximate surface area is 178 Å². The summed E-state index contributed by atoms with van der Waals surface area (Å²) < 4.78 is 10.6. The number of carbonyl (C=O) groups is 2. The molecule has 3 aromatic rings. The van der Waals surface area contributed by atoms with Crippen LogP contribution in [-0.2, 0) is 20.7 Å². The van der Waals surface area contributed by atoms with E-state index in [0.29, 0.717) is 17.2 Å². The van der Waals surface area contributed by atoms with Gasteiger partial charge in [0.1, 0.15) is 10.8 Å². The van der Waals surface area contributed by atoms with Crippen molar-refractivity contribution < 1.29 is 19.1 Å². The van der Waals surface area contributed by atoms with Gasteiger partial charge >= 0.3 is 5.97 Å². The lowest BCUT2D eigenvalue weighted by Crippen LogP contribution is -2.23. The van der Waals surface area contributed by atoms with E-state index in [2.05, 4.69) is 4.98 Å². The van der Waals surface area contributed by atoms with Crippen LogP contribution in [0.1, 0.15) is 27.7 Å². The minimum Gasteiger partial charge on any atom is -0.482 e. The van der Waals surface area contributed by atoms with Crippen molar-refractivity contribution >= 4 is 23.1 Å². The van der Waals surface area contributed by atoms with Gasteiger partial charge in [-0.1, -0.05) is 48.5 Å². The molecule has 0 N–H and O–H groups in total. The number of hydrogen-bond acceptors (Lipinski definition) is 7. The summed E-state index contributed by atoms with van der Waals surface area (Å²) in [5, 5.41) is 11.4. The van der Waals surface area contributed by atoms with Crippen molar-refractivity contribution in [3.8, 4) is 11.8 Å². The monoisotopic (exact) mass is 420 g/mol. The molecule has 2 aromatic carbocycles. The fourth-order valence-corrected chi connectivity index (χ4v) is 3.65. The van der Waals surface area contributed by atoms with Gasteiger partial charge in [-0.2, -0.15) is 5.26 Å². The number of nitriles is 1. The Bertz CT molecular complexity index is 1060. The van der Waals surface area contributed by atoms with E-state index in [9.17, 15) is 14.9 Å². The molecule has 1 aromatic heterocycles. The summed E-state index contributed by atoms with van der Waals surface area (Å²) in [6.07, 6.45) is 0.668. The highest BCUT2D eigenvalue weighted by Gasteiger charge is 2.24. The van der Waals surface area contributed by atoms with E-state index >= 15 is 0 Å². The number of ether oxygens (including phenoxy) is 2. The predicted molar refractivity (Wildman–Crippen MR) is 112 cm³/mol. The van der Waals surface area contributed by atoms with Crippen molar-refractivity contribution in [2.45, 2.75) is 19.3 Å². The van der Waals surface area contributed by atoms with Crippen LogP contribution in [0.4, 0.5) is 0 Å². The Kier molecular flexibility index (Phi) is 7.30. The predicted octanol–water partition coefficient (Wildman–Crippen LogP) is 3.84. The molecule has 3 rings (SSSR count). The molecular weight excluding hydrogens is 400 g/mol. The molecule has 0 amide bonds. The maximum Gasteiger partial charge on any atom is 0.344 e. The number of aryl methyl sites for hydroxylation is 1. The summed E-state index contributed by atoms with van der Waals surface area (Å²) in [7, 11) is 0. The van der Waals surface area contributed by atoms with Gasteiger partial charge in [0.05, 0.1) is 6.07 Å². The molecule has 0 aliphatic carbocycles. The fraction of sp³-hybridized carbons (Fsp3) is 0.217. The second kappa shape index (κ2) is 10.3. The Balaban J connectivity index is 1.53. The van der Waals surface area contributed by atoms with Gasteiger partial charge in [-0.3, -0.25) is 4.79 Å². The van der Waals surface area contributed by atoms with Gasteiger partial charge in [0.15, 0.2) is 24.9 Å². The number of nitrogens with zero attached hydrogens (tertiary/aromatic N) is 2. The van der Waals surface area contributed by atoms with Gasteiger partial charge in [-0.25, -0.2) is 9.78 Å². The normalized spacial score (nSPS) is 11.3. The molecule has 7 heteroatoms. The molecule has 30 heavy (non-hydrogen) atoms. The highest BCUT2D eigenvalue weighted by atomic mass is 32.1. The van der Waals surface area contributed by atoms with Crippen molar-refractivity contribution in [3.63, 3.8) is 0 Å². The molecule has 6 nitrogen and oxygen atoms in total. The Morgan fingerprint density at radius 1 is 1.10 bits per heavy atom. The molecule has 0 aliphatic rings. The Morgan fingerprint density at radius 2 is 1.83 bits per heavy atom. The van der Waals surface area contributed by atoms with Crippen LogP contribution < -0.4 is 4.74 Å². The van der Waals surface area contributed by atoms with Crippen LogP contribution in [0.3, 0.4) is 0 Å². The quantitative estimate of drug-likeness (QED) is 0.489. The van der Waals surface area contributed by atoms with E-state index < -0.39 is 24.3 Å². The molecule has 0 aliphatic heterocycles. The van der Waals surface area contributed by atoms with Crippen molar-refractivity contribution in [3.05, 3.63) is 81.8 Å². The first-order valence-corrected chi connectivity index (χ1v) is 10.2. The number of benzene rings is 2. The topological polar surface area (TPSA) is 89.3 Å². The van der Waals surface area contributed by atoms with E-state index in [1.165, 1.54) is 11.3 Å². The van der Waals surface area contributed by atoms with Gasteiger partial charge in [-0.05, 0) is 24.1 Å². The van der Waals surface area contributed by atoms with Gasteiger partial charge in [0.25, 0.3) is 0 Å². The van der Waals surface area contributed by atoms with Crippen LogP contribution in [0.2, 0.25) is 0 Å². The minimum absolute atomic E-state index is 0.327. The fourth-order valence-electron chi connectivity index (χ4n) is 2.79. The first-order valence-electron chi connectivity index (χ1n) is 9.31. The van der Waals surface area contributed by atoms with E-state index in [0.717, 1.165) is 16.8 Å². The number of ketones is 1. The maximum absolute atomic E-state index is 12.2. The standard InChI is InChI=1S/C23H20N2O4S/c1-16-15-30-23(25-16)19(12-24)20(26)13-29-22(27)14-28-21-10-6-5-9-18(21)11-17-7-3-2-4-8-17/h2-10,15,19H,11,13-14H2,1H3. The van der Waals surface area contributed by atoms with E-state index in [1.54, 1.807) is 18.4 Å². The van der Waals surface area contributed by atoms with Crippen LogP contribution in [0.5, 0.6) is 5.75 Å². The lowest BCUT2D eigenvalue weighted by molar-refractivity contribution is -0.150. The molecule has 0 spiro atoms. The number of aromatic nitrogens is 1. The summed E-state index contributed by atoms with van der Waals surface area (Å²) >= 11 is 1.23. The third-order valence-corrected chi connectivity index (χ3v) is 5.29. The van der Waals surface area contributed by atoms with Gasteiger partial charge in [0.2, 0.25) is 0 Å². The molecular formula is C23H20N2O4S. The third-order valence-electron chi connectivity index (χ3n) is 4.27. The van der Waals surface area contributed by atoms with Crippen molar-refractivity contribution in [2.75, 3.05) is 13.2 Å². The second-order valence-corrected chi connectivity index (χ2v) is 7.46. The number of esters is 1. The number of thiazole rings is 1. The third kappa shape index (κ3) is 5.75. The summed E-state index contributed by atoms with van der Waals surface area (Å²) in [6, 6.07) is 19.3. The lowest BCUT2D eigenvalue weighted by Gasteiger charge is -2.12. The van der Waals surface area contributed by atoms with Crippen molar-refractivity contribution in [1.82, 2.24) is 4.98 Å². The van der Waals surface area contributed by atoms with Crippen LogP contribution in [0.25, 0.3) is 0 Å². The molecule has 1 heterocycles. The van der Waals surface area contributed by atoms with Gasteiger partial charge in [-0.15, -0.1) is 11.3 Å². The summed E-state index contributed by atoms with van der Waals surface area (Å²) in [4.78, 5) is 28.5. The number of para-hydroxylation sites is 1. The highest BCUT2D eigenvalue weighted by molar-refractivity contribution is 7.09. The Morgan fingerprint density at radius 3 is 2.53 bits per heavy atom. The van der Waals surface area contributed by atoms with E-state index in [1.807, 2.05) is 54.6 Å². The van der Waals surface area contributed by atoms with Crippen molar-refractivity contribution in [2.24, 2.45) is 0 Å². The second-order valence-electron chi connectivity index (χ2n) is 6.58. The minimum atomic E-state index is -1.04. The van der Waals surface area contributed by atoms with Crippen LogP contribution in [-0.4, -0.2) is 30.0 Å². The van der Waals surface area contributed by atoms with Crippen molar-refractivity contribution in [1.29, 1.82) is 5.26 Å². The first kappa shape index (κ1) is 21.2. The summed E-state index contributed by atoms with van der Waals surface area (Å²) in [5.41, 5.74) is 2.81. The number of carbonyl (C=O) groups excluding carboxylic acids is 2. The molecule has 0 saturated carbocycles. The zero-order valence-corrected chi connectivity index (χ0v) is 17.2. The average Bonchev–Trinajstić information content (AvgIpc) is 3.18. The lowest BCUT2D eigenvalue weighted by atomic mass is 10.0. The summed E-state index contributed by atoms with van der Waals surface area (Å²) in [5.74, 6) is -1.64. The summed E-state index contributed by atoms with van der Waals surface area (Å²) in [6.45, 7) is 0.962. The smallest absolute Gasteiger partial charge is 0.344 e. The van der Waals surface area contributed by atoms with Crippen LogP contribution >= 0.6 is 11.3 Å². The maximum atomic E-state index is 12.2. The highest BCUT2D eigenvalue weighted by Crippen LogP contribution is 2.22. The van der Waals surface area contributed by atoms with E-state index in [-0.39, 0.29) is 6.61 Å². The zero-order chi connectivity index (χ0) is 21.3. The Hall–Kier alpha value is -3.50. The molecule has 1 unspecified atom stereocenters. The molecule has 1 atom stereocenters. The zero-order valence-electron chi connectivity index (χ0n) is 16.4. The van der Waals surface area contributed by atoms with Gasteiger partial charge in [0, 0.05) is 17.5 Å². The number of rotatable bonds is 9. The van der Waals surface area contributed by atoms with Crippen LogP contribution in [0.15, 0.2) is 60.0 Å². The molecule has 0 saturated heterocycles. The van der Waals surface area contributed by atoms with Gasteiger partial charge < -0.3 is 9.47 Å². The molecule has 0 radical (unpaired) electrons. The number of Topliss-reactive ketones (excluding diaryl/α,β-unsaturated/α-hetero) is 1. The number of hydrogen-bond donors (Lipinski definition) is 0. The average molecular weight is 420 g/mol. The molecule has 0 bridgehead atoms. The van der Waals surface area contributed by atoms with Crippen LogP contribution in [0, 0.1) is 18.3 Å². The SMILES string of the molecule is Cc1csc(C(C#N)C(=O)COC(=O)COc2ccccc2Cc2ccccc2)n1.